The number of pyridine rings is 1. The number of nitrogen functional groups attached to an aromatic ring is 1. The fourth-order valence-electron chi connectivity index (χ4n) is 1.70. The predicted octanol–water partition coefficient (Wildman–Crippen LogP) is 3.87. The molecule has 1 aromatic heterocycles. The molecule has 0 spiro atoms. The Morgan fingerprint density at radius 1 is 1.20 bits per heavy atom. The van der Waals surface area contributed by atoms with Crippen LogP contribution in [0.15, 0.2) is 30.3 Å². The molecule has 3 N–H and O–H groups in total. The maximum absolute atomic E-state index is 13.6. The summed E-state index contributed by atoms with van der Waals surface area (Å²) in [4.78, 5) is 3.72. The lowest BCUT2D eigenvalue weighted by Gasteiger charge is -2.13. The van der Waals surface area contributed by atoms with E-state index >= 15 is 0 Å². The smallest absolute Gasteiger partial charge is 0.384 e. The van der Waals surface area contributed by atoms with Crippen LogP contribution in [0.1, 0.15) is 11.1 Å². The summed E-state index contributed by atoms with van der Waals surface area (Å²) in [5.74, 6) is -1.04. The molecule has 7 heteroatoms. The van der Waals surface area contributed by atoms with E-state index in [0.717, 1.165) is 12.1 Å². The largest absolute Gasteiger partial charge is 0.416 e. The molecule has 0 radical (unpaired) electrons. The number of hydrogen-bond acceptors (Lipinski definition) is 3. The summed E-state index contributed by atoms with van der Waals surface area (Å²) in [7, 11) is 0. The molecule has 0 unspecified atom stereocenters. The molecule has 106 valence electrons. The van der Waals surface area contributed by atoms with Gasteiger partial charge in [0.25, 0.3) is 0 Å². The van der Waals surface area contributed by atoms with Crippen LogP contribution in [0.25, 0.3) is 0 Å². The summed E-state index contributed by atoms with van der Waals surface area (Å²) in [5, 5.41) is 2.53. The zero-order valence-corrected chi connectivity index (χ0v) is 10.4. The second kappa shape index (κ2) is 4.99. The van der Waals surface area contributed by atoms with E-state index in [9.17, 15) is 17.6 Å². The van der Waals surface area contributed by atoms with Crippen LogP contribution in [0.4, 0.5) is 34.9 Å². The van der Waals surface area contributed by atoms with Gasteiger partial charge in [-0.25, -0.2) is 9.37 Å². The number of para-hydroxylation sites is 1. The number of nitrogens with two attached hydrogens (primary N) is 1. The molecule has 2 rings (SSSR count). The third kappa shape index (κ3) is 2.98. The first-order valence-corrected chi connectivity index (χ1v) is 5.64. The number of nitrogens with zero attached hydrogens (tertiary/aromatic N) is 1. The predicted molar refractivity (Wildman–Crippen MR) is 68.1 cm³/mol. The quantitative estimate of drug-likeness (QED) is 0.823. The summed E-state index contributed by atoms with van der Waals surface area (Å²) in [6.45, 7) is 1.63. The van der Waals surface area contributed by atoms with Crippen molar-refractivity contribution in [2.45, 2.75) is 13.1 Å². The minimum absolute atomic E-state index is 0.0683. The fraction of sp³-hybridized carbons (Fsp3) is 0.154. The lowest BCUT2D eigenvalue weighted by Crippen LogP contribution is -2.09. The minimum Gasteiger partial charge on any atom is -0.384 e. The Balaban J connectivity index is 2.42. The van der Waals surface area contributed by atoms with Crippen LogP contribution in [-0.2, 0) is 6.18 Å². The average molecular weight is 285 g/mol. The van der Waals surface area contributed by atoms with E-state index in [1.807, 2.05) is 0 Å². The van der Waals surface area contributed by atoms with Gasteiger partial charge in [0.2, 0.25) is 0 Å². The fourth-order valence-corrected chi connectivity index (χ4v) is 1.70. The molecule has 0 aliphatic heterocycles. The summed E-state index contributed by atoms with van der Waals surface area (Å²) in [6, 6.07) is 5.83. The van der Waals surface area contributed by atoms with Crippen molar-refractivity contribution < 1.29 is 17.6 Å². The number of halogens is 4. The highest BCUT2D eigenvalue weighted by Crippen LogP contribution is 2.32. The lowest BCUT2D eigenvalue weighted by atomic mass is 10.2. The number of alkyl halides is 3. The van der Waals surface area contributed by atoms with Gasteiger partial charge in [0.15, 0.2) is 0 Å². The highest BCUT2D eigenvalue weighted by molar-refractivity contribution is 5.63. The van der Waals surface area contributed by atoms with Gasteiger partial charge in [0.1, 0.15) is 17.5 Å². The molecule has 1 aromatic carbocycles. The van der Waals surface area contributed by atoms with Crippen molar-refractivity contribution >= 4 is 17.3 Å². The second-order valence-electron chi connectivity index (χ2n) is 4.22. The number of aromatic nitrogens is 1. The van der Waals surface area contributed by atoms with Crippen LogP contribution < -0.4 is 11.1 Å². The Hall–Kier alpha value is -2.31. The first kappa shape index (κ1) is 14.1. The SMILES string of the molecule is Cc1cccc(F)c1Nc1cc(C(F)(F)F)cc(N)n1. The van der Waals surface area contributed by atoms with E-state index in [1.165, 1.54) is 12.1 Å². The van der Waals surface area contributed by atoms with Crippen LogP contribution >= 0.6 is 0 Å². The van der Waals surface area contributed by atoms with Crippen molar-refractivity contribution in [1.82, 2.24) is 4.98 Å². The third-order valence-corrected chi connectivity index (χ3v) is 2.65. The van der Waals surface area contributed by atoms with Crippen LogP contribution in [0.5, 0.6) is 0 Å². The molecular weight excluding hydrogens is 274 g/mol. The molecule has 0 amide bonds. The van der Waals surface area contributed by atoms with Gasteiger partial charge in [-0.3, -0.25) is 0 Å². The van der Waals surface area contributed by atoms with Gasteiger partial charge in [0.05, 0.1) is 11.3 Å². The summed E-state index contributed by atoms with van der Waals surface area (Å²) in [5.41, 5.74) is 5.01. The van der Waals surface area contributed by atoms with Gasteiger partial charge >= 0.3 is 6.18 Å². The van der Waals surface area contributed by atoms with E-state index < -0.39 is 17.6 Å². The molecule has 2 aromatic rings. The van der Waals surface area contributed by atoms with Gasteiger partial charge in [-0.2, -0.15) is 13.2 Å². The number of nitrogens with one attached hydrogen (secondary N) is 1. The number of hydrogen-bond donors (Lipinski definition) is 2. The molecule has 3 nitrogen and oxygen atoms in total. The number of anilines is 3. The normalized spacial score (nSPS) is 11.4. The molecule has 0 bridgehead atoms. The van der Waals surface area contributed by atoms with Crippen LogP contribution in [-0.4, -0.2) is 4.98 Å². The summed E-state index contributed by atoms with van der Waals surface area (Å²) in [6.07, 6.45) is -4.54. The standard InChI is InChI=1S/C13H11F4N3/c1-7-3-2-4-9(14)12(7)20-11-6-8(13(15,16)17)5-10(18)19-11/h2-6H,1H3,(H3,18,19,20). The van der Waals surface area contributed by atoms with Gasteiger partial charge in [0, 0.05) is 0 Å². The maximum Gasteiger partial charge on any atom is 0.416 e. The molecule has 20 heavy (non-hydrogen) atoms. The molecule has 0 saturated carbocycles. The van der Waals surface area contributed by atoms with E-state index in [2.05, 4.69) is 10.3 Å². The van der Waals surface area contributed by atoms with Crippen molar-refractivity contribution in [1.29, 1.82) is 0 Å². The highest BCUT2D eigenvalue weighted by Gasteiger charge is 2.31. The molecule has 1 heterocycles. The van der Waals surface area contributed by atoms with Crippen molar-refractivity contribution in [3.8, 4) is 0 Å². The minimum atomic E-state index is -4.54. The maximum atomic E-state index is 13.6. The number of benzene rings is 1. The molecule has 0 fully saturated rings. The topological polar surface area (TPSA) is 50.9 Å². The van der Waals surface area contributed by atoms with Crippen LogP contribution in [0.3, 0.4) is 0 Å². The van der Waals surface area contributed by atoms with Crippen LogP contribution in [0.2, 0.25) is 0 Å². The van der Waals surface area contributed by atoms with E-state index in [-0.39, 0.29) is 17.3 Å². The van der Waals surface area contributed by atoms with Gasteiger partial charge in [-0.05, 0) is 30.7 Å². The number of aryl methyl sites for hydroxylation is 1. The monoisotopic (exact) mass is 285 g/mol. The zero-order valence-electron chi connectivity index (χ0n) is 10.4. The van der Waals surface area contributed by atoms with Crippen LogP contribution in [0, 0.1) is 12.7 Å². The molecule has 0 aliphatic rings. The highest BCUT2D eigenvalue weighted by atomic mass is 19.4. The summed E-state index contributed by atoms with van der Waals surface area (Å²) >= 11 is 0. The Morgan fingerprint density at radius 2 is 1.90 bits per heavy atom. The summed E-state index contributed by atoms with van der Waals surface area (Å²) < 4.78 is 51.6. The zero-order chi connectivity index (χ0) is 14.9. The van der Waals surface area contributed by atoms with E-state index in [1.54, 1.807) is 13.0 Å². The Labute approximate surface area is 112 Å². The van der Waals surface area contributed by atoms with Gasteiger partial charge < -0.3 is 11.1 Å². The molecule has 0 aliphatic carbocycles. The van der Waals surface area contributed by atoms with E-state index in [0.29, 0.717) is 5.56 Å². The molecule has 0 atom stereocenters. The Kier molecular flexibility index (Phi) is 3.52. The number of rotatable bonds is 2. The van der Waals surface area contributed by atoms with Crippen molar-refractivity contribution in [3.05, 3.63) is 47.3 Å². The van der Waals surface area contributed by atoms with Crippen molar-refractivity contribution in [3.63, 3.8) is 0 Å². The van der Waals surface area contributed by atoms with Crippen molar-refractivity contribution in [2.24, 2.45) is 0 Å². The molecular formula is C13H11F4N3. The first-order valence-electron chi connectivity index (χ1n) is 5.64. The van der Waals surface area contributed by atoms with Gasteiger partial charge in [-0.15, -0.1) is 0 Å². The Morgan fingerprint density at radius 3 is 2.50 bits per heavy atom. The lowest BCUT2D eigenvalue weighted by molar-refractivity contribution is -0.137. The Bertz CT molecular complexity index is 618. The first-order chi connectivity index (χ1) is 9.27. The third-order valence-electron chi connectivity index (χ3n) is 2.65. The molecule has 0 saturated heterocycles. The van der Waals surface area contributed by atoms with Crippen molar-refractivity contribution in [2.75, 3.05) is 11.1 Å². The second-order valence-corrected chi connectivity index (χ2v) is 4.22. The average Bonchev–Trinajstić information content (AvgIpc) is 2.32. The van der Waals surface area contributed by atoms with E-state index in [4.69, 9.17) is 5.73 Å². The van der Waals surface area contributed by atoms with Gasteiger partial charge in [-0.1, -0.05) is 12.1 Å².